The molecular weight excluding hydrogens is 522 g/mol. The van der Waals surface area contributed by atoms with E-state index in [2.05, 4.69) is 25.3 Å². The second kappa shape index (κ2) is 11.8. The van der Waals surface area contributed by atoms with Crippen molar-refractivity contribution in [1.82, 2.24) is 14.9 Å². The number of imidazole rings is 1. The van der Waals surface area contributed by atoms with Crippen LogP contribution in [-0.2, 0) is 14.3 Å². The molecule has 2 atom stereocenters. The van der Waals surface area contributed by atoms with Gasteiger partial charge in [-0.1, -0.05) is 36.6 Å². The predicted octanol–water partition coefficient (Wildman–Crippen LogP) is 6.44. The quantitative estimate of drug-likeness (QED) is 0.344. The number of nitrogens with one attached hydrogen (secondary N) is 3. The van der Waals surface area contributed by atoms with Gasteiger partial charge in [0.2, 0.25) is 5.91 Å². The van der Waals surface area contributed by atoms with Gasteiger partial charge < -0.3 is 19.8 Å². The van der Waals surface area contributed by atoms with Crippen LogP contribution < -0.4 is 10.6 Å². The first-order valence-electron chi connectivity index (χ1n) is 13.0. The molecule has 39 heavy (non-hydrogen) atoms. The lowest BCUT2D eigenvalue weighted by Crippen LogP contribution is -2.42. The molecule has 0 spiro atoms. The Morgan fingerprint density at radius 2 is 2.03 bits per heavy atom. The number of carbonyl (C=O) groups excluding carboxylic acids is 3. The summed E-state index contributed by atoms with van der Waals surface area (Å²) in [5.41, 5.74) is 3.27. The highest BCUT2D eigenvalue weighted by atomic mass is 35.5. The van der Waals surface area contributed by atoms with Crippen LogP contribution in [0.3, 0.4) is 0 Å². The number of anilines is 2. The predicted molar refractivity (Wildman–Crippen MR) is 147 cm³/mol. The third-order valence-electron chi connectivity index (χ3n) is 7.01. The zero-order valence-electron chi connectivity index (χ0n) is 21.5. The third kappa shape index (κ3) is 6.17. The van der Waals surface area contributed by atoms with Crippen molar-refractivity contribution in [3.63, 3.8) is 0 Å². The number of H-pyrrole nitrogens is 1. The summed E-state index contributed by atoms with van der Waals surface area (Å²) in [5, 5.41) is 6.19. The molecule has 0 aliphatic carbocycles. The second-order valence-corrected chi connectivity index (χ2v) is 10.1. The van der Waals surface area contributed by atoms with E-state index in [9.17, 15) is 14.4 Å². The summed E-state index contributed by atoms with van der Waals surface area (Å²) < 4.78 is 10.5. The van der Waals surface area contributed by atoms with Crippen molar-refractivity contribution in [3.05, 3.63) is 65.1 Å². The molecule has 2 aromatic carbocycles. The number of fused-ring (bicyclic) bond motifs is 4. The van der Waals surface area contributed by atoms with Crippen LogP contribution in [0.25, 0.3) is 11.3 Å². The summed E-state index contributed by atoms with van der Waals surface area (Å²) in [7, 11) is 1.28. The average molecular weight is 552 g/mol. The van der Waals surface area contributed by atoms with Gasteiger partial charge in [0.1, 0.15) is 11.9 Å². The molecule has 1 aromatic heterocycles. The first-order valence-corrected chi connectivity index (χ1v) is 13.4. The lowest BCUT2D eigenvalue weighted by Gasteiger charge is -2.36. The second-order valence-electron chi connectivity index (χ2n) is 9.63. The molecule has 3 amide bonds. The van der Waals surface area contributed by atoms with Crippen LogP contribution in [0.15, 0.2) is 48.7 Å². The summed E-state index contributed by atoms with van der Waals surface area (Å²) in [5.74, 6) is 0.533. The van der Waals surface area contributed by atoms with Crippen LogP contribution in [0.1, 0.15) is 62.1 Å². The highest BCUT2D eigenvalue weighted by Gasteiger charge is 2.35. The molecule has 3 heterocycles. The van der Waals surface area contributed by atoms with Crippen molar-refractivity contribution in [1.29, 1.82) is 0 Å². The number of amides is 3. The van der Waals surface area contributed by atoms with Gasteiger partial charge in [-0.05, 0) is 48.7 Å². The minimum atomic E-state index is -0.608. The molecule has 3 aromatic rings. The number of ether oxygens (including phenoxy) is 2. The molecule has 1 saturated heterocycles. The fourth-order valence-electron chi connectivity index (χ4n) is 5.05. The number of hydrogen-bond acceptors (Lipinski definition) is 6. The molecule has 1 fully saturated rings. The topological polar surface area (TPSA) is 126 Å². The van der Waals surface area contributed by atoms with Crippen molar-refractivity contribution in [2.45, 2.75) is 50.7 Å². The van der Waals surface area contributed by atoms with Crippen LogP contribution in [0, 0.1) is 0 Å². The van der Waals surface area contributed by atoms with Gasteiger partial charge in [0, 0.05) is 35.7 Å². The summed E-state index contributed by atoms with van der Waals surface area (Å²) >= 11 is 6.14. The number of nitrogens with zero attached hydrogens (tertiary/aromatic N) is 2. The number of benzene rings is 2. The first kappa shape index (κ1) is 26.6. The van der Waals surface area contributed by atoms with Crippen LogP contribution in [0.5, 0.6) is 0 Å². The smallest absolute Gasteiger partial charge is 0.411 e. The maximum atomic E-state index is 13.2. The van der Waals surface area contributed by atoms with E-state index in [0.29, 0.717) is 65.7 Å². The van der Waals surface area contributed by atoms with Crippen molar-refractivity contribution < 1.29 is 23.9 Å². The lowest BCUT2D eigenvalue weighted by molar-refractivity contribution is -0.116. The minimum absolute atomic E-state index is 0.117. The zero-order chi connectivity index (χ0) is 27.4. The van der Waals surface area contributed by atoms with Crippen LogP contribution in [-0.4, -0.2) is 46.6 Å². The van der Waals surface area contributed by atoms with E-state index in [1.165, 1.54) is 7.11 Å². The van der Waals surface area contributed by atoms with Crippen molar-refractivity contribution in [3.8, 4) is 11.3 Å². The van der Waals surface area contributed by atoms with Crippen molar-refractivity contribution in [2.75, 3.05) is 24.3 Å². The van der Waals surface area contributed by atoms with Crippen LogP contribution >= 0.6 is 11.6 Å². The standard InChI is InChI=1S/C28H30ClN5O5/c1-38-27(36)31-19-10-11-20-21(15-19)32-25(35)9-4-2-3-8-23(26-30-16-22(20)33-26)34-13-12-24(39-28(34)37)17-6-5-7-18(29)14-17/h5-7,10-11,14-16,23-24H,2-4,8-9,12-13H2,1H3,(H,30,33)(H,31,36)(H,32,35)/t23-,24?/m0/s1. The summed E-state index contributed by atoms with van der Waals surface area (Å²) in [4.78, 5) is 47.4. The van der Waals surface area contributed by atoms with E-state index in [0.717, 1.165) is 18.4 Å². The molecule has 204 valence electrons. The molecule has 10 nitrogen and oxygen atoms in total. The Labute approximate surface area is 231 Å². The molecular formula is C28H30ClN5O5. The number of aromatic amines is 1. The van der Waals surface area contributed by atoms with Gasteiger partial charge in [0.15, 0.2) is 0 Å². The highest BCUT2D eigenvalue weighted by molar-refractivity contribution is 6.30. The summed E-state index contributed by atoms with van der Waals surface area (Å²) in [6, 6.07) is 12.3. The van der Waals surface area contributed by atoms with Crippen LogP contribution in [0.2, 0.25) is 5.02 Å². The molecule has 11 heteroatoms. The Balaban J connectivity index is 1.42. The Morgan fingerprint density at radius 1 is 1.15 bits per heavy atom. The SMILES string of the molecule is COC(=O)Nc1ccc2c(c1)NC(=O)CCCCC[C@H](N1CCC(c3cccc(Cl)c3)OC1=O)c1ncc-2[nH]1. The summed E-state index contributed by atoms with van der Waals surface area (Å²) in [6.45, 7) is 0.510. The normalized spacial score (nSPS) is 19.9. The van der Waals surface area contributed by atoms with Gasteiger partial charge in [-0.2, -0.15) is 0 Å². The van der Waals surface area contributed by atoms with E-state index in [-0.39, 0.29) is 18.1 Å². The Kier molecular flexibility index (Phi) is 8.02. The van der Waals surface area contributed by atoms with Crippen molar-refractivity contribution >= 4 is 41.1 Å². The lowest BCUT2D eigenvalue weighted by atomic mass is 10.0. The Hall–Kier alpha value is -4.05. The molecule has 2 aliphatic heterocycles. The van der Waals surface area contributed by atoms with Gasteiger partial charge in [0.25, 0.3) is 0 Å². The third-order valence-corrected chi connectivity index (χ3v) is 7.25. The fourth-order valence-corrected chi connectivity index (χ4v) is 5.24. The van der Waals surface area contributed by atoms with Crippen LogP contribution in [0.4, 0.5) is 21.0 Å². The van der Waals surface area contributed by atoms with E-state index in [4.69, 9.17) is 16.3 Å². The van der Waals surface area contributed by atoms with Gasteiger partial charge >= 0.3 is 12.2 Å². The monoisotopic (exact) mass is 551 g/mol. The molecule has 3 N–H and O–H groups in total. The number of halogens is 1. The number of hydrogen-bond donors (Lipinski definition) is 3. The highest BCUT2D eigenvalue weighted by Crippen LogP contribution is 2.36. The summed E-state index contributed by atoms with van der Waals surface area (Å²) in [6.07, 6.45) is 4.35. The van der Waals surface area contributed by atoms with Gasteiger partial charge in [-0.25, -0.2) is 14.6 Å². The largest absolute Gasteiger partial charge is 0.453 e. The molecule has 2 aliphatic rings. The fraction of sp³-hybridized carbons (Fsp3) is 0.357. The molecule has 1 unspecified atom stereocenters. The number of carbonyl (C=O) groups is 3. The molecule has 2 bridgehead atoms. The Morgan fingerprint density at radius 3 is 2.82 bits per heavy atom. The van der Waals surface area contributed by atoms with E-state index >= 15 is 0 Å². The van der Waals surface area contributed by atoms with E-state index in [1.54, 1.807) is 35.4 Å². The van der Waals surface area contributed by atoms with E-state index < -0.39 is 12.2 Å². The van der Waals surface area contributed by atoms with Gasteiger partial charge in [-0.15, -0.1) is 0 Å². The number of cyclic esters (lactones) is 1. The van der Waals surface area contributed by atoms with Crippen molar-refractivity contribution in [2.24, 2.45) is 0 Å². The average Bonchev–Trinajstić information content (AvgIpc) is 3.40. The van der Waals surface area contributed by atoms with E-state index in [1.807, 2.05) is 18.2 Å². The minimum Gasteiger partial charge on any atom is -0.453 e. The zero-order valence-corrected chi connectivity index (χ0v) is 22.3. The maximum absolute atomic E-state index is 13.2. The maximum Gasteiger partial charge on any atom is 0.411 e. The number of rotatable bonds is 3. The Bertz CT molecular complexity index is 1380. The number of methoxy groups -OCH3 is 1. The van der Waals surface area contributed by atoms with Gasteiger partial charge in [-0.3, -0.25) is 15.0 Å². The molecule has 5 rings (SSSR count). The molecule has 0 radical (unpaired) electrons. The van der Waals surface area contributed by atoms with Gasteiger partial charge in [0.05, 0.1) is 30.7 Å². The molecule has 0 saturated carbocycles. The number of aromatic nitrogens is 2. The first-order chi connectivity index (χ1) is 18.9.